The highest BCUT2D eigenvalue weighted by molar-refractivity contribution is 5.11. The van der Waals surface area contributed by atoms with E-state index in [9.17, 15) is 0 Å². The molecule has 1 aliphatic heterocycles. The summed E-state index contributed by atoms with van der Waals surface area (Å²) in [6, 6.07) is 0. The Bertz CT molecular complexity index is 106. The summed E-state index contributed by atoms with van der Waals surface area (Å²) < 4.78 is 4.86. The number of hydrogen-bond donors (Lipinski definition) is 0. The maximum Gasteiger partial charge on any atom is 0.144 e. The molecule has 0 saturated heterocycles. The van der Waals surface area contributed by atoms with E-state index in [0.717, 1.165) is 5.76 Å². The maximum absolute atomic E-state index is 4.86. The summed E-state index contributed by atoms with van der Waals surface area (Å²) in [6.07, 6.45) is 1.79. The average molecular weight is 98.1 g/mol. The number of ether oxygens (including phenoxy) is 1. The molecule has 0 aromatic rings. The monoisotopic (exact) mass is 98.1 g/mol. The molecular weight excluding hydrogens is 88.1 g/mol. The zero-order chi connectivity index (χ0) is 5.49. The minimum absolute atomic E-state index is 0.250. The van der Waals surface area contributed by atoms with E-state index in [2.05, 4.69) is 20.8 Å². The maximum atomic E-state index is 4.86. The van der Waals surface area contributed by atoms with Gasteiger partial charge in [-0.05, 0) is 0 Å². The molecule has 0 aliphatic carbocycles. The van der Waals surface area contributed by atoms with E-state index in [1.807, 2.05) is 0 Å². The van der Waals surface area contributed by atoms with E-state index in [1.165, 1.54) is 0 Å². The van der Waals surface area contributed by atoms with Gasteiger partial charge in [0, 0.05) is 5.41 Å². The summed E-state index contributed by atoms with van der Waals surface area (Å²) in [7, 11) is 0. The zero-order valence-electron chi connectivity index (χ0n) is 4.99. The fraction of sp³-hybridized carbons (Fsp3) is 0.667. The van der Waals surface area contributed by atoms with Gasteiger partial charge in [0.2, 0.25) is 0 Å². The van der Waals surface area contributed by atoms with Crippen LogP contribution >= 0.6 is 0 Å². The first-order chi connectivity index (χ1) is 3.11. The zero-order valence-corrected chi connectivity index (χ0v) is 4.99. The molecule has 0 amide bonds. The predicted molar refractivity (Wildman–Crippen MR) is 28.6 cm³/mol. The molecule has 1 aliphatic rings. The van der Waals surface area contributed by atoms with Gasteiger partial charge in [-0.3, -0.25) is 0 Å². The summed E-state index contributed by atoms with van der Waals surface area (Å²) in [4.78, 5) is 0. The molecule has 0 fully saturated rings. The molecule has 40 valence electrons. The van der Waals surface area contributed by atoms with Crippen LogP contribution in [0.1, 0.15) is 20.8 Å². The lowest BCUT2D eigenvalue weighted by Crippen LogP contribution is -2.01. The molecule has 1 rings (SSSR count). The van der Waals surface area contributed by atoms with Crippen molar-refractivity contribution >= 4 is 0 Å². The first-order valence-corrected chi connectivity index (χ1v) is 2.48. The predicted octanol–water partition coefficient (Wildman–Crippen LogP) is 1.90. The summed E-state index contributed by atoms with van der Waals surface area (Å²) >= 11 is 0. The van der Waals surface area contributed by atoms with Crippen molar-refractivity contribution in [3.05, 3.63) is 12.0 Å². The van der Waals surface area contributed by atoms with E-state index in [0.29, 0.717) is 0 Å². The van der Waals surface area contributed by atoms with Crippen LogP contribution in [0.5, 0.6) is 0 Å². The molecule has 0 aromatic carbocycles. The molecule has 0 aromatic heterocycles. The summed E-state index contributed by atoms with van der Waals surface area (Å²) in [5.41, 5.74) is 0.250. The van der Waals surface area contributed by atoms with Gasteiger partial charge >= 0.3 is 0 Å². The second-order valence-corrected chi connectivity index (χ2v) is 2.85. The van der Waals surface area contributed by atoms with Crippen molar-refractivity contribution in [2.75, 3.05) is 0 Å². The Morgan fingerprint density at radius 2 is 1.86 bits per heavy atom. The van der Waals surface area contributed by atoms with Crippen molar-refractivity contribution in [1.82, 2.24) is 0 Å². The molecule has 1 nitrogen and oxygen atoms in total. The molecule has 0 bridgehead atoms. The van der Waals surface area contributed by atoms with Crippen LogP contribution in [0.25, 0.3) is 0 Å². The third kappa shape index (κ3) is 0.952. The molecule has 0 radical (unpaired) electrons. The van der Waals surface area contributed by atoms with Crippen molar-refractivity contribution in [1.29, 1.82) is 0 Å². The molecule has 0 atom stereocenters. The van der Waals surface area contributed by atoms with Gasteiger partial charge in [0.25, 0.3) is 0 Å². The Labute approximate surface area is 44.0 Å². The third-order valence-electron chi connectivity index (χ3n) is 0.975. The molecule has 1 heteroatoms. The fourth-order valence-electron chi connectivity index (χ4n) is 0.383. The summed E-state index contributed by atoms with van der Waals surface area (Å²) in [5, 5.41) is 0. The van der Waals surface area contributed by atoms with Crippen LogP contribution in [0.4, 0.5) is 0 Å². The van der Waals surface area contributed by atoms with Gasteiger partial charge in [-0.1, -0.05) is 20.8 Å². The Balaban J connectivity index is 2.53. The molecule has 0 spiro atoms. The van der Waals surface area contributed by atoms with Crippen LogP contribution < -0.4 is 0 Å². The average Bonchev–Trinajstić information content (AvgIpc) is 1.99. The fourth-order valence-corrected chi connectivity index (χ4v) is 0.383. The number of allylic oxidation sites excluding steroid dienone is 1. The lowest BCUT2D eigenvalue weighted by molar-refractivity contribution is 0.365. The van der Waals surface area contributed by atoms with Crippen LogP contribution in [-0.4, -0.2) is 0 Å². The van der Waals surface area contributed by atoms with E-state index in [1.54, 1.807) is 6.26 Å². The van der Waals surface area contributed by atoms with Gasteiger partial charge in [-0.25, -0.2) is 0 Å². The highest BCUT2D eigenvalue weighted by Crippen LogP contribution is 2.33. The summed E-state index contributed by atoms with van der Waals surface area (Å²) in [5.74, 6) is 1.12. The largest absolute Gasteiger partial charge is 0.462 e. The smallest absolute Gasteiger partial charge is 0.144 e. The van der Waals surface area contributed by atoms with Gasteiger partial charge in [0.05, 0.1) is 0 Å². The van der Waals surface area contributed by atoms with E-state index in [4.69, 9.17) is 4.74 Å². The van der Waals surface area contributed by atoms with Crippen LogP contribution in [0, 0.1) is 5.41 Å². The second-order valence-electron chi connectivity index (χ2n) is 2.85. The lowest BCUT2D eigenvalue weighted by atomic mass is 9.97. The lowest BCUT2D eigenvalue weighted by Gasteiger charge is -2.08. The third-order valence-corrected chi connectivity index (χ3v) is 0.975. The first-order valence-electron chi connectivity index (χ1n) is 2.48. The van der Waals surface area contributed by atoms with E-state index < -0.39 is 0 Å². The Kier molecular flexibility index (Phi) is 0.689. The van der Waals surface area contributed by atoms with E-state index in [-0.39, 0.29) is 5.41 Å². The molecule has 1 heterocycles. The van der Waals surface area contributed by atoms with Gasteiger partial charge in [-0.15, -0.1) is 0 Å². The minimum atomic E-state index is 0.250. The Morgan fingerprint density at radius 3 is 1.86 bits per heavy atom. The van der Waals surface area contributed by atoms with Crippen molar-refractivity contribution in [2.45, 2.75) is 20.8 Å². The topological polar surface area (TPSA) is 12.5 Å². The first kappa shape index (κ1) is 4.69. The van der Waals surface area contributed by atoms with Gasteiger partial charge < -0.3 is 4.74 Å². The SMILES string of the molecule is CC(C)(C)C1=CO1. The number of rotatable bonds is 0. The van der Waals surface area contributed by atoms with Crippen LogP contribution in [0.15, 0.2) is 12.0 Å². The standard InChI is InChI=1S/C6H10O/c1-6(2,3)5-4-7-5/h4H,1-3H3. The highest BCUT2D eigenvalue weighted by Gasteiger charge is 2.25. The summed E-state index contributed by atoms with van der Waals surface area (Å²) in [6.45, 7) is 6.39. The van der Waals surface area contributed by atoms with Gasteiger partial charge in [0.15, 0.2) is 0 Å². The normalized spacial score (nSPS) is 17.9. The molecular formula is C6H10O. The van der Waals surface area contributed by atoms with Crippen LogP contribution in [0.3, 0.4) is 0 Å². The van der Waals surface area contributed by atoms with Crippen LogP contribution in [-0.2, 0) is 4.74 Å². The van der Waals surface area contributed by atoms with Gasteiger partial charge in [-0.2, -0.15) is 0 Å². The van der Waals surface area contributed by atoms with Crippen molar-refractivity contribution in [3.63, 3.8) is 0 Å². The molecule has 0 N–H and O–H groups in total. The van der Waals surface area contributed by atoms with Crippen molar-refractivity contribution in [3.8, 4) is 0 Å². The highest BCUT2D eigenvalue weighted by atomic mass is 16.5. The Morgan fingerprint density at radius 1 is 1.43 bits per heavy atom. The van der Waals surface area contributed by atoms with Crippen LogP contribution in [0.2, 0.25) is 0 Å². The Hall–Kier alpha value is -0.460. The second kappa shape index (κ2) is 1.03. The van der Waals surface area contributed by atoms with Crippen molar-refractivity contribution < 1.29 is 4.74 Å². The molecule has 0 unspecified atom stereocenters. The molecule has 0 saturated carbocycles. The number of hydrogen-bond acceptors (Lipinski definition) is 1. The van der Waals surface area contributed by atoms with Crippen molar-refractivity contribution in [2.24, 2.45) is 5.41 Å². The molecule has 7 heavy (non-hydrogen) atoms. The van der Waals surface area contributed by atoms with Gasteiger partial charge in [0.1, 0.15) is 12.0 Å². The minimum Gasteiger partial charge on any atom is -0.462 e. The van der Waals surface area contributed by atoms with E-state index >= 15 is 0 Å². The quantitative estimate of drug-likeness (QED) is 0.451.